The molecular weight excluding hydrogens is 190 g/mol. The standard InChI is InChI=1S/C11H19N3O/c1-3-8-15-9-4-7-12-11-6-5-10(2)13-14-11/h5-6H,3-4,7-9H2,1-2H3,(H,12,14). The van der Waals surface area contributed by atoms with Gasteiger partial charge in [0, 0.05) is 19.8 Å². The lowest BCUT2D eigenvalue weighted by atomic mass is 10.4. The summed E-state index contributed by atoms with van der Waals surface area (Å²) in [6.45, 7) is 6.57. The van der Waals surface area contributed by atoms with Gasteiger partial charge in [0.25, 0.3) is 0 Å². The lowest BCUT2D eigenvalue weighted by Crippen LogP contribution is -2.07. The van der Waals surface area contributed by atoms with Gasteiger partial charge in [0.15, 0.2) is 0 Å². The molecule has 1 aromatic rings. The van der Waals surface area contributed by atoms with E-state index < -0.39 is 0 Å². The molecule has 4 nitrogen and oxygen atoms in total. The van der Waals surface area contributed by atoms with Crippen molar-refractivity contribution in [2.75, 3.05) is 25.1 Å². The lowest BCUT2D eigenvalue weighted by molar-refractivity contribution is 0.134. The molecule has 0 aliphatic heterocycles. The fourth-order valence-corrected chi connectivity index (χ4v) is 1.13. The van der Waals surface area contributed by atoms with Crippen LogP contribution < -0.4 is 5.32 Å². The van der Waals surface area contributed by atoms with E-state index in [1.165, 1.54) is 0 Å². The van der Waals surface area contributed by atoms with Gasteiger partial charge in [-0.05, 0) is 31.9 Å². The Morgan fingerprint density at radius 1 is 1.27 bits per heavy atom. The molecule has 1 heterocycles. The van der Waals surface area contributed by atoms with Crippen molar-refractivity contribution in [3.63, 3.8) is 0 Å². The molecule has 0 aliphatic rings. The van der Waals surface area contributed by atoms with Crippen LogP contribution in [0.15, 0.2) is 12.1 Å². The highest BCUT2D eigenvalue weighted by atomic mass is 16.5. The summed E-state index contributed by atoms with van der Waals surface area (Å²) in [6.07, 6.45) is 2.08. The third-order valence-electron chi connectivity index (χ3n) is 1.92. The fraction of sp³-hybridized carbons (Fsp3) is 0.636. The van der Waals surface area contributed by atoms with E-state index in [0.29, 0.717) is 0 Å². The summed E-state index contributed by atoms with van der Waals surface area (Å²) in [5.74, 6) is 0.830. The molecule has 0 radical (unpaired) electrons. The first kappa shape index (κ1) is 11.9. The average Bonchev–Trinajstić information content (AvgIpc) is 2.26. The minimum Gasteiger partial charge on any atom is -0.381 e. The highest BCUT2D eigenvalue weighted by molar-refractivity contribution is 5.32. The van der Waals surface area contributed by atoms with E-state index in [-0.39, 0.29) is 0 Å². The summed E-state index contributed by atoms with van der Waals surface area (Å²) in [4.78, 5) is 0. The number of aromatic nitrogens is 2. The van der Waals surface area contributed by atoms with Crippen molar-refractivity contribution < 1.29 is 4.74 Å². The molecule has 0 aromatic carbocycles. The molecule has 1 aromatic heterocycles. The second-order valence-electron chi connectivity index (χ2n) is 3.45. The van der Waals surface area contributed by atoms with Crippen molar-refractivity contribution in [2.45, 2.75) is 26.7 Å². The van der Waals surface area contributed by atoms with Gasteiger partial charge in [0.1, 0.15) is 5.82 Å². The van der Waals surface area contributed by atoms with Crippen molar-refractivity contribution in [1.29, 1.82) is 0 Å². The first-order chi connectivity index (χ1) is 7.33. The van der Waals surface area contributed by atoms with Gasteiger partial charge in [-0.25, -0.2) is 0 Å². The predicted molar refractivity (Wildman–Crippen MR) is 61.0 cm³/mol. The van der Waals surface area contributed by atoms with Gasteiger partial charge in [-0.3, -0.25) is 0 Å². The molecule has 0 amide bonds. The Balaban J connectivity index is 2.07. The zero-order valence-corrected chi connectivity index (χ0v) is 9.49. The maximum atomic E-state index is 5.36. The molecule has 4 heteroatoms. The Morgan fingerprint density at radius 3 is 2.80 bits per heavy atom. The number of aryl methyl sites for hydroxylation is 1. The summed E-state index contributed by atoms with van der Waals surface area (Å²) in [6, 6.07) is 3.89. The van der Waals surface area contributed by atoms with Crippen molar-refractivity contribution in [3.05, 3.63) is 17.8 Å². The normalized spacial score (nSPS) is 10.3. The maximum absolute atomic E-state index is 5.36. The van der Waals surface area contributed by atoms with Gasteiger partial charge in [0.2, 0.25) is 0 Å². The van der Waals surface area contributed by atoms with Crippen LogP contribution in [0.2, 0.25) is 0 Å². The third kappa shape index (κ3) is 5.32. The van der Waals surface area contributed by atoms with E-state index in [4.69, 9.17) is 4.74 Å². The second kappa shape index (κ2) is 7.17. The van der Waals surface area contributed by atoms with Crippen LogP contribution in [0.1, 0.15) is 25.5 Å². The first-order valence-electron chi connectivity index (χ1n) is 5.45. The van der Waals surface area contributed by atoms with Crippen LogP contribution in [-0.4, -0.2) is 30.0 Å². The van der Waals surface area contributed by atoms with Crippen LogP contribution in [0.25, 0.3) is 0 Å². The summed E-state index contributed by atoms with van der Waals surface area (Å²) in [5.41, 5.74) is 0.937. The van der Waals surface area contributed by atoms with Crippen molar-refractivity contribution in [2.24, 2.45) is 0 Å². The average molecular weight is 209 g/mol. The number of rotatable bonds is 7. The number of ether oxygens (including phenoxy) is 1. The number of anilines is 1. The van der Waals surface area contributed by atoms with E-state index in [1.54, 1.807) is 0 Å². The van der Waals surface area contributed by atoms with E-state index in [2.05, 4.69) is 22.4 Å². The predicted octanol–water partition coefficient (Wildman–Crippen LogP) is 2.01. The summed E-state index contributed by atoms with van der Waals surface area (Å²) in [5, 5.41) is 11.2. The van der Waals surface area contributed by atoms with Crippen LogP contribution in [0.3, 0.4) is 0 Å². The molecule has 0 aliphatic carbocycles. The lowest BCUT2D eigenvalue weighted by Gasteiger charge is -2.05. The zero-order chi connectivity index (χ0) is 10.9. The van der Waals surface area contributed by atoms with Crippen molar-refractivity contribution in [1.82, 2.24) is 10.2 Å². The highest BCUT2D eigenvalue weighted by Crippen LogP contribution is 2.00. The Bertz CT molecular complexity index is 261. The molecule has 0 atom stereocenters. The Hall–Kier alpha value is -1.16. The highest BCUT2D eigenvalue weighted by Gasteiger charge is 1.93. The molecule has 84 valence electrons. The van der Waals surface area contributed by atoms with Gasteiger partial charge >= 0.3 is 0 Å². The molecule has 15 heavy (non-hydrogen) atoms. The Kier molecular flexibility index (Phi) is 5.70. The Labute approximate surface area is 91.1 Å². The zero-order valence-electron chi connectivity index (χ0n) is 9.49. The largest absolute Gasteiger partial charge is 0.381 e. The van der Waals surface area contributed by atoms with Crippen LogP contribution in [0.5, 0.6) is 0 Å². The molecule has 0 unspecified atom stereocenters. The van der Waals surface area contributed by atoms with Gasteiger partial charge in [0.05, 0.1) is 5.69 Å². The minimum atomic E-state index is 0.806. The van der Waals surface area contributed by atoms with Gasteiger partial charge in [-0.1, -0.05) is 6.92 Å². The first-order valence-corrected chi connectivity index (χ1v) is 5.45. The SMILES string of the molecule is CCCOCCCNc1ccc(C)nn1. The Morgan fingerprint density at radius 2 is 2.13 bits per heavy atom. The molecule has 1 N–H and O–H groups in total. The topological polar surface area (TPSA) is 47.0 Å². The van der Waals surface area contributed by atoms with Crippen LogP contribution in [-0.2, 0) is 4.74 Å². The van der Waals surface area contributed by atoms with Gasteiger partial charge in [-0.2, -0.15) is 5.10 Å². The summed E-state index contributed by atoms with van der Waals surface area (Å²) < 4.78 is 5.36. The minimum absolute atomic E-state index is 0.806. The van der Waals surface area contributed by atoms with Crippen LogP contribution in [0.4, 0.5) is 5.82 Å². The number of nitrogens with zero attached hydrogens (tertiary/aromatic N) is 2. The summed E-state index contributed by atoms with van der Waals surface area (Å²) in [7, 11) is 0. The molecular formula is C11H19N3O. The quantitative estimate of drug-likeness (QED) is 0.698. The van der Waals surface area contributed by atoms with Gasteiger partial charge in [-0.15, -0.1) is 5.10 Å². The van der Waals surface area contributed by atoms with E-state index >= 15 is 0 Å². The molecule has 0 fully saturated rings. The number of nitrogens with one attached hydrogen (secondary N) is 1. The molecule has 1 rings (SSSR count). The van der Waals surface area contributed by atoms with E-state index in [1.807, 2.05) is 19.1 Å². The smallest absolute Gasteiger partial charge is 0.148 e. The third-order valence-corrected chi connectivity index (χ3v) is 1.92. The van der Waals surface area contributed by atoms with E-state index in [9.17, 15) is 0 Å². The van der Waals surface area contributed by atoms with Crippen molar-refractivity contribution >= 4 is 5.82 Å². The fourth-order valence-electron chi connectivity index (χ4n) is 1.13. The summed E-state index contributed by atoms with van der Waals surface area (Å²) >= 11 is 0. The molecule has 0 saturated carbocycles. The van der Waals surface area contributed by atoms with E-state index in [0.717, 1.165) is 44.1 Å². The maximum Gasteiger partial charge on any atom is 0.148 e. The molecule has 0 spiro atoms. The number of hydrogen-bond acceptors (Lipinski definition) is 4. The monoisotopic (exact) mass is 209 g/mol. The van der Waals surface area contributed by atoms with Crippen molar-refractivity contribution in [3.8, 4) is 0 Å². The van der Waals surface area contributed by atoms with Crippen LogP contribution >= 0.6 is 0 Å². The second-order valence-corrected chi connectivity index (χ2v) is 3.45. The van der Waals surface area contributed by atoms with Gasteiger partial charge < -0.3 is 10.1 Å². The van der Waals surface area contributed by atoms with Crippen LogP contribution in [0, 0.1) is 6.92 Å². The molecule has 0 bridgehead atoms. The number of hydrogen-bond donors (Lipinski definition) is 1. The molecule has 0 saturated heterocycles.